The van der Waals surface area contributed by atoms with Crippen molar-refractivity contribution >= 4 is 30.7 Å². The van der Waals surface area contributed by atoms with Gasteiger partial charge in [-0.05, 0) is 19.1 Å². The zero-order valence-corrected chi connectivity index (χ0v) is 17.3. The van der Waals surface area contributed by atoms with Crippen LogP contribution in [0.4, 0.5) is 13.2 Å². The maximum Gasteiger partial charge on any atom is 0.405 e. The molecule has 0 bridgehead atoms. The van der Waals surface area contributed by atoms with Crippen molar-refractivity contribution in [1.29, 1.82) is 0 Å². The van der Waals surface area contributed by atoms with Gasteiger partial charge >= 0.3 is 6.18 Å². The lowest BCUT2D eigenvalue weighted by Gasteiger charge is -2.35. The van der Waals surface area contributed by atoms with Crippen molar-refractivity contribution < 1.29 is 26.8 Å². The van der Waals surface area contributed by atoms with Crippen LogP contribution in [0.15, 0.2) is 27.2 Å². The maximum atomic E-state index is 13.4. The summed E-state index contributed by atoms with van der Waals surface area (Å²) in [6, 6.07) is 1.63. The molecular weight excluding hydrogens is 436 g/mol. The van der Waals surface area contributed by atoms with Gasteiger partial charge in [0.25, 0.3) is 5.89 Å². The highest BCUT2D eigenvalue weighted by Crippen LogP contribution is 2.25. The van der Waals surface area contributed by atoms with E-state index in [1.807, 2.05) is 0 Å². The van der Waals surface area contributed by atoms with Crippen molar-refractivity contribution in [2.24, 2.45) is 0 Å². The molecule has 0 spiro atoms. The second kappa shape index (κ2) is 10.9. The predicted molar refractivity (Wildman–Crippen MR) is 104 cm³/mol. The summed E-state index contributed by atoms with van der Waals surface area (Å²) in [5, 5.41) is 5.40. The highest BCUT2D eigenvalue weighted by atomic mass is 35.5. The summed E-state index contributed by atoms with van der Waals surface area (Å²) in [5.74, 6) is 0.530. The Hall–Kier alpha value is -1.75. The average Bonchev–Trinajstić information content (AvgIpc) is 3.25. The second-order valence-corrected chi connectivity index (χ2v) is 6.32. The number of piperazine rings is 1. The summed E-state index contributed by atoms with van der Waals surface area (Å²) in [6.07, 6.45) is -3.11. The molecule has 1 fully saturated rings. The Labute approximate surface area is 178 Å². The van der Waals surface area contributed by atoms with Crippen molar-refractivity contribution in [2.45, 2.75) is 25.6 Å². The largest absolute Gasteiger partial charge is 0.459 e. The van der Waals surface area contributed by atoms with Gasteiger partial charge in [-0.25, -0.2) is 4.98 Å². The Kier molecular flexibility index (Phi) is 9.47. The molecule has 1 aliphatic rings. The molecule has 0 radical (unpaired) electrons. The molecule has 1 amide bonds. The van der Waals surface area contributed by atoms with E-state index in [0.29, 0.717) is 30.3 Å². The van der Waals surface area contributed by atoms with Crippen LogP contribution in [0.1, 0.15) is 11.5 Å². The molecule has 2 aromatic rings. The summed E-state index contributed by atoms with van der Waals surface area (Å²) in [7, 11) is 0. The van der Waals surface area contributed by atoms with Crippen LogP contribution in [0.25, 0.3) is 11.7 Å². The van der Waals surface area contributed by atoms with Gasteiger partial charge in [0.05, 0.1) is 18.4 Å². The van der Waals surface area contributed by atoms with Gasteiger partial charge in [-0.1, -0.05) is 0 Å². The lowest BCUT2D eigenvalue weighted by Crippen LogP contribution is -2.57. The quantitative estimate of drug-likeness (QED) is 0.691. The van der Waals surface area contributed by atoms with Crippen molar-refractivity contribution in [3.8, 4) is 11.7 Å². The van der Waals surface area contributed by atoms with E-state index in [9.17, 15) is 18.0 Å². The van der Waals surface area contributed by atoms with Crippen molar-refractivity contribution in [2.75, 3.05) is 32.7 Å². The highest BCUT2D eigenvalue weighted by molar-refractivity contribution is 5.85. The lowest BCUT2D eigenvalue weighted by atomic mass is 10.2. The molecule has 3 rings (SSSR count). The number of nitrogens with one attached hydrogen (secondary N) is 2. The summed E-state index contributed by atoms with van der Waals surface area (Å²) < 4.78 is 50.7. The molecule has 0 aromatic carbocycles. The van der Waals surface area contributed by atoms with Gasteiger partial charge in [-0.3, -0.25) is 9.69 Å². The number of rotatable bonds is 6. The number of aryl methyl sites for hydroxylation is 1. The van der Waals surface area contributed by atoms with Crippen LogP contribution in [0, 0.1) is 6.92 Å². The number of furan rings is 1. The third-order valence-electron chi connectivity index (χ3n) is 4.42. The Balaban J connectivity index is 0.00000210. The molecule has 7 nitrogen and oxygen atoms in total. The molecule has 1 unspecified atom stereocenters. The molecule has 1 atom stereocenters. The fraction of sp³-hybridized carbons (Fsp3) is 0.529. The van der Waals surface area contributed by atoms with Crippen molar-refractivity contribution in [3.05, 3.63) is 29.9 Å². The van der Waals surface area contributed by atoms with E-state index in [-0.39, 0.29) is 50.2 Å². The molecule has 1 aliphatic heterocycles. The summed E-state index contributed by atoms with van der Waals surface area (Å²) in [5.41, 5.74) is 0.365. The SMILES string of the molecule is Cc1oc(-c2ccco2)nc1CC(=O)NCC(N1CCNCC1)C(F)(F)F.Cl.Cl. The number of aromatic nitrogens is 1. The van der Waals surface area contributed by atoms with Crippen LogP contribution in [0.3, 0.4) is 0 Å². The first-order valence-corrected chi connectivity index (χ1v) is 8.63. The van der Waals surface area contributed by atoms with E-state index in [2.05, 4.69) is 15.6 Å². The second-order valence-electron chi connectivity index (χ2n) is 6.32. The Morgan fingerprint density at radius 3 is 2.62 bits per heavy atom. The van der Waals surface area contributed by atoms with E-state index >= 15 is 0 Å². The minimum absolute atomic E-state index is 0. The average molecular weight is 459 g/mol. The minimum atomic E-state index is -4.42. The molecule has 29 heavy (non-hydrogen) atoms. The molecular formula is C17H23Cl2F3N4O3. The minimum Gasteiger partial charge on any atom is -0.459 e. The van der Waals surface area contributed by atoms with Crippen molar-refractivity contribution in [1.82, 2.24) is 20.5 Å². The first-order chi connectivity index (χ1) is 12.8. The molecule has 164 valence electrons. The van der Waals surface area contributed by atoms with Gasteiger partial charge in [0.2, 0.25) is 5.91 Å². The Morgan fingerprint density at radius 2 is 2.03 bits per heavy atom. The standard InChI is InChI=1S/C17H21F3N4O3.2ClH/c1-11-12(23-16(27-11)13-3-2-8-26-13)9-15(25)22-10-14(17(18,19)20)24-6-4-21-5-7-24;;/h2-3,8,14,21H,4-7,9-10H2,1H3,(H,22,25);2*1H. The Bertz CT molecular complexity index is 763. The number of halogens is 5. The number of hydrogen-bond donors (Lipinski definition) is 2. The smallest absolute Gasteiger partial charge is 0.405 e. The van der Waals surface area contributed by atoms with Gasteiger partial charge in [-0.15, -0.1) is 24.8 Å². The summed E-state index contributed by atoms with van der Waals surface area (Å²) in [4.78, 5) is 17.7. The molecule has 12 heteroatoms. The summed E-state index contributed by atoms with van der Waals surface area (Å²) in [6.45, 7) is 2.71. The number of hydrogen-bond acceptors (Lipinski definition) is 6. The number of carbonyl (C=O) groups is 1. The van der Waals surface area contributed by atoms with Gasteiger partial charge in [0.1, 0.15) is 11.8 Å². The van der Waals surface area contributed by atoms with E-state index < -0.39 is 24.7 Å². The molecule has 2 N–H and O–H groups in total. The fourth-order valence-electron chi connectivity index (χ4n) is 2.97. The van der Waals surface area contributed by atoms with Crippen LogP contribution >= 0.6 is 24.8 Å². The topological polar surface area (TPSA) is 83.5 Å². The predicted octanol–water partition coefficient (Wildman–Crippen LogP) is 2.58. The highest BCUT2D eigenvalue weighted by Gasteiger charge is 2.43. The molecule has 2 aromatic heterocycles. The van der Waals surface area contributed by atoms with Crippen molar-refractivity contribution in [3.63, 3.8) is 0 Å². The zero-order chi connectivity index (χ0) is 19.4. The fourth-order valence-corrected chi connectivity index (χ4v) is 2.97. The third kappa shape index (κ3) is 6.63. The number of alkyl halides is 3. The normalized spacial score (nSPS) is 15.9. The van der Waals surface area contributed by atoms with Crippen LogP contribution in [0.5, 0.6) is 0 Å². The van der Waals surface area contributed by atoms with Crippen LogP contribution in [-0.2, 0) is 11.2 Å². The maximum absolute atomic E-state index is 13.4. The number of amides is 1. The lowest BCUT2D eigenvalue weighted by molar-refractivity contribution is -0.184. The summed E-state index contributed by atoms with van der Waals surface area (Å²) >= 11 is 0. The number of oxazole rings is 1. The van der Waals surface area contributed by atoms with Crippen LogP contribution in [0.2, 0.25) is 0 Å². The van der Waals surface area contributed by atoms with Gasteiger partial charge in [0.15, 0.2) is 5.76 Å². The molecule has 0 saturated carbocycles. The van der Waals surface area contributed by atoms with Gasteiger partial charge in [0, 0.05) is 32.7 Å². The molecule has 3 heterocycles. The van der Waals surface area contributed by atoms with Crippen LogP contribution < -0.4 is 10.6 Å². The third-order valence-corrected chi connectivity index (χ3v) is 4.42. The van der Waals surface area contributed by atoms with E-state index in [4.69, 9.17) is 8.83 Å². The van der Waals surface area contributed by atoms with Gasteiger partial charge < -0.3 is 19.5 Å². The van der Waals surface area contributed by atoms with E-state index in [1.54, 1.807) is 19.1 Å². The van der Waals surface area contributed by atoms with Crippen LogP contribution in [-0.4, -0.2) is 60.7 Å². The van der Waals surface area contributed by atoms with E-state index in [0.717, 1.165) is 0 Å². The number of nitrogens with zero attached hydrogens (tertiary/aromatic N) is 2. The number of carbonyl (C=O) groups excluding carboxylic acids is 1. The Morgan fingerprint density at radius 1 is 1.34 bits per heavy atom. The van der Waals surface area contributed by atoms with E-state index in [1.165, 1.54) is 11.2 Å². The first kappa shape index (κ1) is 25.3. The monoisotopic (exact) mass is 458 g/mol. The zero-order valence-electron chi connectivity index (χ0n) is 15.6. The molecule has 1 saturated heterocycles. The van der Waals surface area contributed by atoms with Gasteiger partial charge in [-0.2, -0.15) is 13.2 Å². The molecule has 0 aliphatic carbocycles. The first-order valence-electron chi connectivity index (χ1n) is 8.63.